The SMILES string of the molecule is Cc1nc(Nc2ncc(C(=O)Nc3c(C)cccc3Cl)s2)cc(N2CCN(CCN=O)CC2)n1. The van der Waals surface area contributed by atoms with Crippen molar-refractivity contribution in [1.29, 1.82) is 0 Å². The Labute approximate surface area is 206 Å². The first kappa shape index (κ1) is 24.0. The summed E-state index contributed by atoms with van der Waals surface area (Å²) in [6.45, 7) is 8.02. The van der Waals surface area contributed by atoms with Gasteiger partial charge in [-0.15, -0.1) is 0 Å². The van der Waals surface area contributed by atoms with Crippen molar-refractivity contribution in [2.24, 2.45) is 5.18 Å². The van der Waals surface area contributed by atoms with E-state index in [0.29, 0.717) is 45.5 Å². The summed E-state index contributed by atoms with van der Waals surface area (Å²) in [6, 6.07) is 7.34. The molecule has 178 valence electrons. The number of hydrogen-bond acceptors (Lipinski definition) is 10. The lowest BCUT2D eigenvalue weighted by Gasteiger charge is -2.35. The molecule has 1 aliphatic rings. The zero-order chi connectivity index (χ0) is 24.1. The Kier molecular flexibility index (Phi) is 7.66. The second-order valence-electron chi connectivity index (χ2n) is 7.88. The summed E-state index contributed by atoms with van der Waals surface area (Å²) in [5, 5.41) is 10.0. The number of nitrogens with zero attached hydrogens (tertiary/aromatic N) is 6. The van der Waals surface area contributed by atoms with Crippen LogP contribution in [0.1, 0.15) is 21.1 Å². The number of benzene rings is 1. The van der Waals surface area contributed by atoms with Crippen LogP contribution in [0.5, 0.6) is 0 Å². The van der Waals surface area contributed by atoms with Gasteiger partial charge in [-0.1, -0.05) is 40.2 Å². The van der Waals surface area contributed by atoms with Gasteiger partial charge in [-0.25, -0.2) is 15.0 Å². The minimum atomic E-state index is -0.274. The van der Waals surface area contributed by atoms with E-state index in [0.717, 1.165) is 37.6 Å². The number of piperazine rings is 1. The zero-order valence-corrected chi connectivity index (χ0v) is 20.5. The highest BCUT2D eigenvalue weighted by molar-refractivity contribution is 7.17. The van der Waals surface area contributed by atoms with E-state index in [9.17, 15) is 9.70 Å². The van der Waals surface area contributed by atoms with Crippen molar-refractivity contribution >= 4 is 51.3 Å². The Balaban J connectivity index is 1.41. The van der Waals surface area contributed by atoms with Crippen molar-refractivity contribution in [2.45, 2.75) is 13.8 Å². The van der Waals surface area contributed by atoms with E-state index in [1.807, 2.05) is 32.0 Å². The molecule has 1 aromatic carbocycles. The fourth-order valence-corrected chi connectivity index (χ4v) is 4.66. The maximum absolute atomic E-state index is 12.7. The molecule has 2 N–H and O–H groups in total. The maximum atomic E-state index is 12.7. The summed E-state index contributed by atoms with van der Waals surface area (Å²) in [7, 11) is 0. The lowest BCUT2D eigenvalue weighted by molar-refractivity contribution is 0.103. The lowest BCUT2D eigenvalue weighted by atomic mass is 10.2. The molecule has 1 amide bonds. The predicted molar refractivity (Wildman–Crippen MR) is 136 cm³/mol. The van der Waals surface area contributed by atoms with Crippen LogP contribution in [-0.2, 0) is 0 Å². The standard InChI is InChI=1S/C22H25ClN8O2S/c1-14-4-3-5-16(23)20(14)29-21(32)17-13-24-22(34-17)28-18-12-19(27-15(2)26-18)31-10-8-30(9-11-31)7-6-25-33/h3-5,12-13H,6-11H2,1-2H3,(H,29,32)(H,24,26,27,28). The van der Waals surface area contributed by atoms with Crippen molar-refractivity contribution in [3.8, 4) is 0 Å². The van der Waals surface area contributed by atoms with Crippen LogP contribution >= 0.6 is 22.9 Å². The average molecular weight is 501 g/mol. The minimum absolute atomic E-state index is 0.274. The highest BCUT2D eigenvalue weighted by atomic mass is 35.5. The number of anilines is 4. The number of nitroso groups, excluding NO2 is 1. The van der Waals surface area contributed by atoms with Gasteiger partial charge in [0.15, 0.2) is 5.13 Å². The fourth-order valence-electron chi connectivity index (χ4n) is 3.67. The van der Waals surface area contributed by atoms with E-state index in [1.165, 1.54) is 17.5 Å². The van der Waals surface area contributed by atoms with Crippen molar-refractivity contribution in [1.82, 2.24) is 19.9 Å². The summed E-state index contributed by atoms with van der Waals surface area (Å²) >= 11 is 7.45. The first-order valence-electron chi connectivity index (χ1n) is 10.8. The molecule has 0 saturated carbocycles. The average Bonchev–Trinajstić information content (AvgIpc) is 3.28. The van der Waals surface area contributed by atoms with E-state index in [4.69, 9.17) is 11.6 Å². The van der Waals surface area contributed by atoms with Crippen LogP contribution < -0.4 is 15.5 Å². The Morgan fingerprint density at radius 3 is 2.74 bits per heavy atom. The topological polar surface area (TPSA) is 116 Å². The summed E-state index contributed by atoms with van der Waals surface area (Å²) in [4.78, 5) is 41.3. The summed E-state index contributed by atoms with van der Waals surface area (Å²) < 4.78 is 0. The summed E-state index contributed by atoms with van der Waals surface area (Å²) in [5.41, 5.74) is 1.48. The Morgan fingerprint density at radius 2 is 2.00 bits per heavy atom. The van der Waals surface area contributed by atoms with Crippen LogP contribution in [0.2, 0.25) is 5.02 Å². The maximum Gasteiger partial charge on any atom is 0.267 e. The Hall–Kier alpha value is -3.15. The number of hydrogen-bond donors (Lipinski definition) is 2. The largest absolute Gasteiger partial charge is 0.354 e. The first-order valence-corrected chi connectivity index (χ1v) is 12.0. The third kappa shape index (κ3) is 5.85. The third-order valence-electron chi connectivity index (χ3n) is 5.45. The third-order valence-corrected chi connectivity index (χ3v) is 6.68. The molecule has 1 saturated heterocycles. The van der Waals surface area contributed by atoms with Gasteiger partial charge in [0.05, 0.1) is 23.5 Å². The number of amides is 1. The molecular formula is C22H25ClN8O2S. The number of nitrogens with one attached hydrogen (secondary N) is 2. The molecule has 34 heavy (non-hydrogen) atoms. The van der Waals surface area contributed by atoms with Crippen molar-refractivity contribution in [2.75, 3.05) is 54.8 Å². The number of aryl methyl sites for hydroxylation is 2. The van der Waals surface area contributed by atoms with Gasteiger partial charge in [-0.3, -0.25) is 9.69 Å². The highest BCUT2D eigenvalue weighted by Gasteiger charge is 2.19. The van der Waals surface area contributed by atoms with Gasteiger partial charge in [0.25, 0.3) is 5.91 Å². The minimum Gasteiger partial charge on any atom is -0.354 e. The lowest BCUT2D eigenvalue weighted by Crippen LogP contribution is -2.47. The Morgan fingerprint density at radius 1 is 1.21 bits per heavy atom. The molecule has 1 aliphatic heterocycles. The monoisotopic (exact) mass is 500 g/mol. The first-order chi connectivity index (χ1) is 16.4. The zero-order valence-electron chi connectivity index (χ0n) is 18.9. The second kappa shape index (κ2) is 10.9. The molecule has 0 radical (unpaired) electrons. The van der Waals surface area contributed by atoms with Crippen LogP contribution in [0, 0.1) is 18.8 Å². The van der Waals surface area contributed by atoms with Gasteiger partial charge >= 0.3 is 0 Å². The molecule has 3 aromatic rings. The number of rotatable bonds is 8. The van der Waals surface area contributed by atoms with E-state index >= 15 is 0 Å². The van der Waals surface area contributed by atoms with Crippen molar-refractivity contribution < 1.29 is 4.79 Å². The normalized spacial score (nSPS) is 14.1. The van der Waals surface area contributed by atoms with E-state index < -0.39 is 0 Å². The number of aromatic nitrogens is 3. The van der Waals surface area contributed by atoms with Crippen molar-refractivity contribution in [3.05, 3.63) is 56.7 Å². The van der Waals surface area contributed by atoms with E-state index in [2.05, 4.69) is 40.6 Å². The van der Waals surface area contributed by atoms with Crippen LogP contribution in [0.3, 0.4) is 0 Å². The second-order valence-corrected chi connectivity index (χ2v) is 9.32. The molecule has 0 unspecified atom stereocenters. The van der Waals surface area contributed by atoms with E-state index in [-0.39, 0.29) is 5.91 Å². The molecule has 0 aliphatic carbocycles. The quantitative estimate of drug-likeness (QED) is 0.444. The molecule has 12 heteroatoms. The number of halogens is 1. The molecular weight excluding hydrogens is 476 g/mol. The molecule has 3 heterocycles. The van der Waals surface area contributed by atoms with E-state index in [1.54, 1.807) is 6.07 Å². The highest BCUT2D eigenvalue weighted by Crippen LogP contribution is 2.28. The van der Waals surface area contributed by atoms with Gasteiger partial charge in [0, 0.05) is 38.8 Å². The Bertz CT molecular complexity index is 1160. The molecule has 10 nitrogen and oxygen atoms in total. The molecule has 0 atom stereocenters. The summed E-state index contributed by atoms with van der Waals surface area (Å²) in [5.74, 6) is 1.80. The molecule has 4 rings (SSSR count). The van der Waals surface area contributed by atoms with Gasteiger partial charge in [0.1, 0.15) is 22.3 Å². The number of carbonyl (C=O) groups excluding carboxylic acids is 1. The van der Waals surface area contributed by atoms with Gasteiger partial charge in [-0.05, 0) is 25.5 Å². The van der Waals surface area contributed by atoms with Gasteiger partial charge in [0.2, 0.25) is 0 Å². The molecule has 1 fully saturated rings. The number of thiazole rings is 1. The predicted octanol–water partition coefficient (Wildman–Crippen LogP) is 4.09. The van der Waals surface area contributed by atoms with Crippen LogP contribution in [0.15, 0.2) is 35.6 Å². The van der Waals surface area contributed by atoms with Gasteiger partial charge in [-0.2, -0.15) is 4.91 Å². The number of para-hydroxylation sites is 1. The number of carbonyl (C=O) groups is 1. The van der Waals surface area contributed by atoms with Crippen LogP contribution in [0.4, 0.5) is 22.5 Å². The van der Waals surface area contributed by atoms with Crippen LogP contribution in [0.25, 0.3) is 0 Å². The summed E-state index contributed by atoms with van der Waals surface area (Å²) in [6.07, 6.45) is 1.52. The van der Waals surface area contributed by atoms with Crippen LogP contribution in [-0.4, -0.2) is 65.0 Å². The van der Waals surface area contributed by atoms with Crippen molar-refractivity contribution in [3.63, 3.8) is 0 Å². The van der Waals surface area contributed by atoms with Gasteiger partial charge < -0.3 is 15.5 Å². The molecule has 0 spiro atoms. The smallest absolute Gasteiger partial charge is 0.267 e. The molecule has 2 aromatic heterocycles. The molecule has 0 bridgehead atoms. The fraction of sp³-hybridized carbons (Fsp3) is 0.364.